The molecule has 0 aromatic carbocycles. The second kappa shape index (κ2) is 55.5. The van der Waals surface area contributed by atoms with Gasteiger partial charge in [-0.25, -0.2) is 0 Å². The van der Waals surface area contributed by atoms with E-state index in [-0.39, 0.29) is 0 Å². The van der Waals surface area contributed by atoms with Crippen molar-refractivity contribution in [1.82, 2.24) is 5.32 Å². The van der Waals surface area contributed by atoms with Crippen LogP contribution in [0, 0.1) is 0 Å². The number of hydrogen-bond donors (Lipinski definition) is 5. The standard InChI is InChI=1S/C61H117NO5/c1-3-5-7-9-11-13-15-17-19-21-23-24-25-26-27-28-29-30-31-32-33-34-35-37-38-40-42-44-46-48-50-52-54-58(64)60(66)57(56-63)62-61(67)59(65)55-53-51-49-47-45-43-41-39-36-22-20-18-16-14-12-10-8-6-4-2/h33-34,38,40,46,48,57-60,63-66H,3-32,35-37,39,41-45,47,49-56H2,1-2H3,(H,62,67)/b34-33+,40-38+,48-46+. The third kappa shape index (κ3) is 49.3. The van der Waals surface area contributed by atoms with Gasteiger partial charge in [0.25, 0.3) is 0 Å². The first-order valence-electron chi connectivity index (χ1n) is 29.9. The largest absolute Gasteiger partial charge is 0.394 e. The van der Waals surface area contributed by atoms with E-state index in [1.807, 2.05) is 0 Å². The molecule has 0 spiro atoms. The molecule has 0 aliphatic rings. The molecule has 0 bridgehead atoms. The summed E-state index contributed by atoms with van der Waals surface area (Å²) in [5, 5.41) is 44.0. The highest BCUT2D eigenvalue weighted by atomic mass is 16.3. The summed E-state index contributed by atoms with van der Waals surface area (Å²) in [6.07, 6.45) is 69.5. The molecule has 0 aliphatic carbocycles. The molecule has 0 aromatic heterocycles. The quantitative estimate of drug-likeness (QED) is 0.0308. The molecule has 1 amide bonds. The summed E-state index contributed by atoms with van der Waals surface area (Å²) in [4.78, 5) is 12.6. The van der Waals surface area contributed by atoms with Gasteiger partial charge in [-0.1, -0.05) is 288 Å². The lowest BCUT2D eigenvalue weighted by Gasteiger charge is -2.27. The van der Waals surface area contributed by atoms with E-state index < -0.39 is 36.9 Å². The van der Waals surface area contributed by atoms with E-state index in [9.17, 15) is 25.2 Å². The Balaban J connectivity index is 3.66. The van der Waals surface area contributed by atoms with Gasteiger partial charge in [0.05, 0.1) is 18.8 Å². The summed E-state index contributed by atoms with van der Waals surface area (Å²) < 4.78 is 0. The number of hydrogen-bond acceptors (Lipinski definition) is 5. The lowest BCUT2D eigenvalue weighted by molar-refractivity contribution is -0.132. The van der Waals surface area contributed by atoms with Crippen molar-refractivity contribution in [3.63, 3.8) is 0 Å². The summed E-state index contributed by atoms with van der Waals surface area (Å²) in [6.45, 7) is 4.07. The first kappa shape index (κ1) is 65.5. The Hall–Kier alpha value is -1.47. The van der Waals surface area contributed by atoms with E-state index in [4.69, 9.17) is 0 Å². The van der Waals surface area contributed by atoms with Crippen molar-refractivity contribution in [2.45, 2.75) is 340 Å². The van der Waals surface area contributed by atoms with Gasteiger partial charge < -0.3 is 25.7 Å². The number of aliphatic hydroxyl groups excluding tert-OH is 4. The third-order valence-corrected chi connectivity index (χ3v) is 14.1. The maximum atomic E-state index is 12.6. The van der Waals surface area contributed by atoms with Crippen LogP contribution in [0.4, 0.5) is 0 Å². The van der Waals surface area contributed by atoms with Crippen molar-refractivity contribution < 1.29 is 25.2 Å². The van der Waals surface area contributed by atoms with Crippen LogP contribution in [0.1, 0.15) is 316 Å². The fourth-order valence-electron chi connectivity index (χ4n) is 9.38. The first-order chi connectivity index (χ1) is 33.0. The van der Waals surface area contributed by atoms with Crippen molar-refractivity contribution in [3.8, 4) is 0 Å². The van der Waals surface area contributed by atoms with Crippen LogP contribution in [0.5, 0.6) is 0 Å². The molecule has 5 N–H and O–H groups in total. The van der Waals surface area contributed by atoms with E-state index in [2.05, 4.69) is 55.6 Å². The van der Waals surface area contributed by atoms with Gasteiger partial charge in [-0.3, -0.25) is 4.79 Å². The summed E-state index contributed by atoms with van der Waals surface area (Å²) in [5.41, 5.74) is 0. The van der Waals surface area contributed by atoms with Crippen LogP contribution < -0.4 is 5.32 Å². The molecule has 0 heterocycles. The van der Waals surface area contributed by atoms with Crippen LogP contribution in [-0.4, -0.2) is 57.3 Å². The van der Waals surface area contributed by atoms with Crippen LogP contribution in [0.3, 0.4) is 0 Å². The Morgan fingerprint density at radius 1 is 0.358 bits per heavy atom. The molecule has 0 saturated heterocycles. The summed E-state index contributed by atoms with van der Waals surface area (Å²) in [6, 6.07) is -1.01. The van der Waals surface area contributed by atoms with Gasteiger partial charge in [0.1, 0.15) is 12.2 Å². The Morgan fingerprint density at radius 2 is 0.627 bits per heavy atom. The number of carbonyl (C=O) groups is 1. The highest BCUT2D eigenvalue weighted by Gasteiger charge is 2.28. The molecule has 6 nitrogen and oxygen atoms in total. The number of nitrogens with one attached hydrogen (secondary N) is 1. The summed E-state index contributed by atoms with van der Waals surface area (Å²) in [5.74, 6) is -0.595. The summed E-state index contributed by atoms with van der Waals surface area (Å²) >= 11 is 0. The number of unbranched alkanes of at least 4 members (excludes halogenated alkanes) is 40. The van der Waals surface area contributed by atoms with Crippen LogP contribution in [-0.2, 0) is 4.79 Å². The topological polar surface area (TPSA) is 110 Å². The number of aliphatic hydroxyl groups is 4. The molecule has 67 heavy (non-hydrogen) atoms. The van der Waals surface area contributed by atoms with E-state index in [0.717, 1.165) is 51.4 Å². The Bertz CT molecular complexity index is 1060. The fourth-order valence-corrected chi connectivity index (χ4v) is 9.38. The molecule has 0 rings (SSSR count). The lowest BCUT2D eigenvalue weighted by Crippen LogP contribution is -2.53. The van der Waals surface area contributed by atoms with Crippen molar-refractivity contribution in [2.24, 2.45) is 0 Å². The number of carbonyl (C=O) groups excluding carboxylic acids is 1. The predicted molar refractivity (Wildman–Crippen MR) is 293 cm³/mol. The molecular weight excluding hydrogens is 827 g/mol. The molecule has 0 radical (unpaired) electrons. The van der Waals surface area contributed by atoms with E-state index in [1.54, 1.807) is 0 Å². The van der Waals surface area contributed by atoms with E-state index in [0.29, 0.717) is 19.3 Å². The van der Waals surface area contributed by atoms with Crippen LogP contribution in [0.2, 0.25) is 0 Å². The molecule has 0 aromatic rings. The Kier molecular flexibility index (Phi) is 54.2. The lowest BCUT2D eigenvalue weighted by atomic mass is 10.00. The minimum atomic E-state index is -1.29. The minimum absolute atomic E-state index is 0.362. The maximum Gasteiger partial charge on any atom is 0.249 e. The second-order valence-electron chi connectivity index (χ2n) is 20.7. The van der Waals surface area contributed by atoms with Crippen molar-refractivity contribution in [2.75, 3.05) is 6.61 Å². The zero-order chi connectivity index (χ0) is 48.8. The van der Waals surface area contributed by atoms with Crippen molar-refractivity contribution >= 4 is 5.91 Å². The third-order valence-electron chi connectivity index (χ3n) is 14.1. The highest BCUT2D eigenvalue weighted by molar-refractivity contribution is 5.80. The fraction of sp³-hybridized carbons (Fsp3) is 0.885. The van der Waals surface area contributed by atoms with Crippen LogP contribution in [0.15, 0.2) is 36.5 Å². The molecule has 4 unspecified atom stereocenters. The van der Waals surface area contributed by atoms with Crippen LogP contribution in [0.25, 0.3) is 0 Å². The number of rotatable bonds is 55. The predicted octanol–water partition coefficient (Wildman–Crippen LogP) is 17.6. The average Bonchev–Trinajstić information content (AvgIpc) is 3.33. The van der Waals surface area contributed by atoms with Gasteiger partial charge in [0.2, 0.25) is 5.91 Å². The molecule has 4 atom stereocenters. The SMILES string of the molecule is CCCCCCCCCCCCCCCCCCCCC/C=C/CC/C=C/CC/C=C/CCCC(O)C(O)C(CO)NC(=O)C(O)CCCCCCCCCCCCCCCCCCCCC. The average molecular weight is 945 g/mol. The molecule has 6 heteroatoms. The Labute approximate surface area is 417 Å². The molecule has 0 fully saturated rings. The van der Waals surface area contributed by atoms with Crippen LogP contribution >= 0.6 is 0 Å². The van der Waals surface area contributed by atoms with Gasteiger partial charge in [0.15, 0.2) is 0 Å². The van der Waals surface area contributed by atoms with E-state index in [1.165, 1.54) is 231 Å². The summed E-state index contributed by atoms with van der Waals surface area (Å²) in [7, 11) is 0. The highest BCUT2D eigenvalue weighted by Crippen LogP contribution is 2.18. The maximum absolute atomic E-state index is 12.6. The van der Waals surface area contributed by atoms with Gasteiger partial charge in [-0.15, -0.1) is 0 Å². The number of allylic oxidation sites excluding steroid dienone is 6. The monoisotopic (exact) mass is 944 g/mol. The van der Waals surface area contributed by atoms with Crippen molar-refractivity contribution in [1.29, 1.82) is 0 Å². The normalized spacial score (nSPS) is 13.9. The first-order valence-corrected chi connectivity index (χ1v) is 29.9. The minimum Gasteiger partial charge on any atom is -0.394 e. The second-order valence-corrected chi connectivity index (χ2v) is 20.7. The van der Waals surface area contributed by atoms with Gasteiger partial charge >= 0.3 is 0 Å². The zero-order valence-electron chi connectivity index (χ0n) is 44.9. The van der Waals surface area contributed by atoms with Gasteiger partial charge in [-0.05, 0) is 64.2 Å². The Morgan fingerprint density at radius 3 is 0.940 bits per heavy atom. The van der Waals surface area contributed by atoms with Crippen molar-refractivity contribution in [3.05, 3.63) is 36.5 Å². The zero-order valence-corrected chi connectivity index (χ0v) is 44.9. The number of amides is 1. The smallest absolute Gasteiger partial charge is 0.249 e. The molecule has 0 aliphatic heterocycles. The van der Waals surface area contributed by atoms with Gasteiger partial charge in [-0.2, -0.15) is 0 Å². The molecular formula is C61H117NO5. The molecule has 0 saturated carbocycles. The van der Waals surface area contributed by atoms with Gasteiger partial charge in [0, 0.05) is 0 Å². The van der Waals surface area contributed by atoms with E-state index >= 15 is 0 Å². The molecule has 396 valence electrons.